The van der Waals surface area contributed by atoms with Crippen LogP contribution in [-0.4, -0.2) is 19.6 Å². The first-order valence-electron chi connectivity index (χ1n) is 9.70. The van der Waals surface area contributed by atoms with Crippen molar-refractivity contribution in [2.75, 3.05) is 5.32 Å². The quantitative estimate of drug-likeness (QED) is 0.485. The molecule has 0 spiro atoms. The Balaban J connectivity index is 1.88. The molecule has 158 valence electrons. The van der Waals surface area contributed by atoms with Gasteiger partial charge in [-0.1, -0.05) is 34.1 Å². The minimum absolute atomic E-state index is 0.225. The third-order valence-electron chi connectivity index (χ3n) is 5.24. The Morgan fingerprint density at radius 2 is 1.77 bits per heavy atom. The van der Waals surface area contributed by atoms with Crippen LogP contribution < -0.4 is 16.6 Å². The summed E-state index contributed by atoms with van der Waals surface area (Å²) in [7, 11) is 1.77. The molecule has 4 rings (SSSR count). The van der Waals surface area contributed by atoms with Crippen molar-refractivity contribution in [3.05, 3.63) is 91.2 Å². The summed E-state index contributed by atoms with van der Waals surface area (Å²) in [6.45, 7) is 3.52. The second-order valence-electron chi connectivity index (χ2n) is 7.49. The van der Waals surface area contributed by atoms with Crippen molar-refractivity contribution >= 4 is 38.6 Å². The number of aryl methyl sites for hydroxylation is 3. The Morgan fingerprint density at radius 1 is 1.03 bits per heavy atom. The van der Waals surface area contributed by atoms with Gasteiger partial charge in [-0.15, -0.1) is 0 Å². The first-order chi connectivity index (χ1) is 14.8. The van der Waals surface area contributed by atoms with Gasteiger partial charge in [-0.3, -0.25) is 14.2 Å². The van der Waals surface area contributed by atoms with E-state index >= 15 is 0 Å². The van der Waals surface area contributed by atoms with Gasteiger partial charge in [0.25, 0.3) is 5.56 Å². The van der Waals surface area contributed by atoms with Crippen molar-refractivity contribution in [1.29, 1.82) is 0 Å². The SMILES string of the molecule is Cc1cccc(-n2c(=O)c3c(cc(C)n3C)n(CC(=O)Nc3cccc(Br)c3)c2=O)c1. The highest BCUT2D eigenvalue weighted by molar-refractivity contribution is 9.10. The van der Waals surface area contributed by atoms with Gasteiger partial charge in [0, 0.05) is 22.9 Å². The zero-order chi connectivity index (χ0) is 22.3. The predicted octanol–water partition coefficient (Wildman–Crippen LogP) is 3.51. The summed E-state index contributed by atoms with van der Waals surface area (Å²) >= 11 is 3.38. The summed E-state index contributed by atoms with van der Waals surface area (Å²) in [5, 5.41) is 2.80. The molecule has 2 aromatic heterocycles. The van der Waals surface area contributed by atoms with E-state index in [2.05, 4.69) is 21.2 Å². The zero-order valence-corrected chi connectivity index (χ0v) is 18.9. The van der Waals surface area contributed by atoms with Crippen molar-refractivity contribution in [2.24, 2.45) is 7.05 Å². The summed E-state index contributed by atoms with van der Waals surface area (Å²) in [6.07, 6.45) is 0. The van der Waals surface area contributed by atoms with Gasteiger partial charge in [0.05, 0.1) is 11.2 Å². The summed E-state index contributed by atoms with van der Waals surface area (Å²) in [5.41, 5.74) is 2.65. The third kappa shape index (κ3) is 3.86. The Labute approximate surface area is 186 Å². The van der Waals surface area contributed by atoms with Crippen LogP contribution in [0.15, 0.2) is 68.7 Å². The molecule has 0 aliphatic heterocycles. The molecule has 0 bridgehead atoms. The zero-order valence-electron chi connectivity index (χ0n) is 17.3. The standard InChI is InChI=1S/C23H21BrN4O3/c1-14-6-4-9-18(10-14)28-22(30)21-19(11-15(2)26(21)3)27(23(28)31)13-20(29)25-17-8-5-7-16(24)12-17/h4-12H,13H2,1-3H3,(H,25,29). The minimum atomic E-state index is -0.557. The molecule has 0 radical (unpaired) electrons. The van der Waals surface area contributed by atoms with E-state index in [1.165, 1.54) is 4.57 Å². The van der Waals surface area contributed by atoms with Crippen LogP contribution in [0.1, 0.15) is 11.3 Å². The Hall–Kier alpha value is -3.39. The lowest BCUT2D eigenvalue weighted by atomic mass is 10.2. The molecule has 1 N–H and O–H groups in total. The number of benzene rings is 2. The minimum Gasteiger partial charge on any atom is -0.342 e. The van der Waals surface area contributed by atoms with Crippen molar-refractivity contribution in [3.63, 3.8) is 0 Å². The van der Waals surface area contributed by atoms with Crippen LogP contribution in [0.5, 0.6) is 0 Å². The molecule has 2 heterocycles. The monoisotopic (exact) mass is 480 g/mol. The molecule has 2 aromatic carbocycles. The molecule has 0 saturated carbocycles. The van der Waals surface area contributed by atoms with Gasteiger partial charge in [0.2, 0.25) is 5.91 Å². The molecule has 1 amide bonds. The molecule has 8 heteroatoms. The number of aromatic nitrogens is 3. The summed E-state index contributed by atoms with van der Waals surface area (Å²) in [6, 6.07) is 16.1. The number of anilines is 1. The molecule has 31 heavy (non-hydrogen) atoms. The second kappa shape index (κ2) is 8.03. The van der Waals surface area contributed by atoms with Gasteiger partial charge in [0.1, 0.15) is 12.1 Å². The lowest BCUT2D eigenvalue weighted by molar-refractivity contribution is -0.116. The summed E-state index contributed by atoms with van der Waals surface area (Å²) in [4.78, 5) is 39.5. The smallest absolute Gasteiger partial charge is 0.336 e. The van der Waals surface area contributed by atoms with Crippen LogP contribution >= 0.6 is 15.9 Å². The molecular formula is C23H21BrN4O3. The van der Waals surface area contributed by atoms with E-state index in [9.17, 15) is 14.4 Å². The van der Waals surface area contributed by atoms with E-state index in [0.717, 1.165) is 20.3 Å². The average Bonchev–Trinajstić information content (AvgIpc) is 3.00. The molecule has 0 atom stereocenters. The van der Waals surface area contributed by atoms with E-state index in [-0.39, 0.29) is 12.5 Å². The van der Waals surface area contributed by atoms with Gasteiger partial charge in [0.15, 0.2) is 0 Å². The lowest BCUT2D eigenvalue weighted by Crippen LogP contribution is -2.41. The van der Waals surface area contributed by atoms with Crippen LogP contribution in [0, 0.1) is 13.8 Å². The van der Waals surface area contributed by atoms with Crippen LogP contribution in [0.2, 0.25) is 0 Å². The Kier molecular flexibility index (Phi) is 5.41. The number of hydrogen-bond donors (Lipinski definition) is 1. The fourth-order valence-corrected chi connectivity index (χ4v) is 4.04. The maximum absolute atomic E-state index is 13.4. The molecule has 0 fully saturated rings. The molecule has 0 saturated heterocycles. The fraction of sp³-hybridized carbons (Fsp3) is 0.174. The van der Waals surface area contributed by atoms with Gasteiger partial charge >= 0.3 is 5.69 Å². The van der Waals surface area contributed by atoms with Crippen molar-refractivity contribution in [2.45, 2.75) is 20.4 Å². The fourth-order valence-electron chi connectivity index (χ4n) is 3.64. The van der Waals surface area contributed by atoms with E-state index in [4.69, 9.17) is 0 Å². The normalized spacial score (nSPS) is 11.1. The number of carbonyl (C=O) groups is 1. The van der Waals surface area contributed by atoms with E-state index < -0.39 is 11.2 Å². The van der Waals surface area contributed by atoms with Crippen molar-refractivity contribution < 1.29 is 4.79 Å². The number of amides is 1. The van der Waals surface area contributed by atoms with Crippen LogP contribution in [-0.2, 0) is 18.4 Å². The Morgan fingerprint density at radius 3 is 2.48 bits per heavy atom. The lowest BCUT2D eigenvalue weighted by Gasteiger charge is -2.13. The molecule has 0 aliphatic carbocycles. The van der Waals surface area contributed by atoms with Crippen LogP contribution in [0.3, 0.4) is 0 Å². The molecular weight excluding hydrogens is 460 g/mol. The van der Waals surface area contributed by atoms with E-state index in [1.54, 1.807) is 48.0 Å². The maximum atomic E-state index is 13.4. The maximum Gasteiger partial charge on any atom is 0.336 e. The molecule has 7 nitrogen and oxygen atoms in total. The topological polar surface area (TPSA) is 78.0 Å². The van der Waals surface area contributed by atoms with Crippen LogP contribution in [0.4, 0.5) is 5.69 Å². The summed E-state index contributed by atoms with van der Waals surface area (Å²) < 4.78 is 5.05. The number of nitrogens with zero attached hydrogens (tertiary/aromatic N) is 3. The number of carbonyl (C=O) groups excluding carboxylic acids is 1. The first kappa shape index (κ1) is 20.9. The predicted molar refractivity (Wildman–Crippen MR) is 125 cm³/mol. The molecule has 0 unspecified atom stereocenters. The van der Waals surface area contributed by atoms with Crippen LogP contribution in [0.25, 0.3) is 16.7 Å². The van der Waals surface area contributed by atoms with Gasteiger partial charge < -0.3 is 9.88 Å². The van der Waals surface area contributed by atoms with Crippen molar-refractivity contribution in [3.8, 4) is 5.69 Å². The van der Waals surface area contributed by atoms with E-state index in [0.29, 0.717) is 22.4 Å². The first-order valence-corrected chi connectivity index (χ1v) is 10.5. The van der Waals surface area contributed by atoms with Gasteiger partial charge in [-0.2, -0.15) is 0 Å². The average molecular weight is 481 g/mol. The van der Waals surface area contributed by atoms with Gasteiger partial charge in [-0.05, 0) is 55.8 Å². The second-order valence-corrected chi connectivity index (χ2v) is 8.40. The largest absolute Gasteiger partial charge is 0.342 e. The van der Waals surface area contributed by atoms with Gasteiger partial charge in [-0.25, -0.2) is 9.36 Å². The number of fused-ring (bicyclic) bond motifs is 1. The summed E-state index contributed by atoms with van der Waals surface area (Å²) in [5.74, 6) is -0.363. The Bertz CT molecular complexity index is 1450. The van der Waals surface area contributed by atoms with Crippen molar-refractivity contribution in [1.82, 2.24) is 13.7 Å². The number of nitrogens with one attached hydrogen (secondary N) is 1. The number of rotatable bonds is 4. The highest BCUT2D eigenvalue weighted by Gasteiger charge is 2.20. The van der Waals surface area contributed by atoms with E-state index in [1.807, 2.05) is 32.0 Å². The third-order valence-corrected chi connectivity index (χ3v) is 5.73. The molecule has 4 aromatic rings. The highest BCUT2D eigenvalue weighted by atomic mass is 79.9. The number of hydrogen-bond acceptors (Lipinski definition) is 3. The number of halogens is 1. The highest BCUT2D eigenvalue weighted by Crippen LogP contribution is 2.17. The molecule has 0 aliphatic rings.